The highest BCUT2D eigenvalue weighted by Crippen LogP contribution is 2.24. The monoisotopic (exact) mass is 452 g/mol. The number of carbonyl (C=O) groups is 2. The zero-order valence-corrected chi connectivity index (χ0v) is 18.8. The maximum Gasteiger partial charge on any atom is 0.242 e. The highest BCUT2D eigenvalue weighted by atomic mass is 35.5. The van der Waals surface area contributed by atoms with E-state index < -0.39 is 6.04 Å². The average molecular weight is 453 g/mol. The Morgan fingerprint density at radius 1 is 1.10 bits per heavy atom. The van der Waals surface area contributed by atoms with Crippen LogP contribution in [0, 0.1) is 0 Å². The number of hydrogen-bond donors (Lipinski definition) is 1. The van der Waals surface area contributed by atoms with Crippen LogP contribution >= 0.6 is 23.2 Å². The molecule has 30 heavy (non-hydrogen) atoms. The Bertz CT molecular complexity index is 859. The van der Waals surface area contributed by atoms with Crippen molar-refractivity contribution < 1.29 is 19.1 Å². The third-order valence-electron chi connectivity index (χ3n) is 4.63. The van der Waals surface area contributed by atoms with Crippen LogP contribution < -0.4 is 14.8 Å². The first-order valence-corrected chi connectivity index (χ1v) is 10.3. The molecule has 0 fully saturated rings. The number of methoxy groups -OCH3 is 1. The van der Waals surface area contributed by atoms with Crippen molar-refractivity contribution in [2.45, 2.75) is 32.4 Å². The molecule has 2 aromatic rings. The van der Waals surface area contributed by atoms with Crippen LogP contribution in [-0.4, -0.2) is 43.5 Å². The smallest absolute Gasteiger partial charge is 0.242 e. The highest BCUT2D eigenvalue weighted by molar-refractivity contribution is 6.35. The van der Waals surface area contributed by atoms with Gasteiger partial charge in [-0.05, 0) is 55.3 Å². The number of nitrogens with zero attached hydrogens (tertiary/aromatic N) is 1. The fourth-order valence-corrected chi connectivity index (χ4v) is 3.32. The topological polar surface area (TPSA) is 67.9 Å². The number of benzene rings is 2. The van der Waals surface area contributed by atoms with Crippen molar-refractivity contribution in [3.05, 3.63) is 58.1 Å². The lowest BCUT2D eigenvalue weighted by atomic mass is 10.1. The van der Waals surface area contributed by atoms with Gasteiger partial charge in [0.25, 0.3) is 0 Å². The van der Waals surface area contributed by atoms with Crippen LogP contribution in [0.4, 0.5) is 0 Å². The number of carbonyl (C=O) groups excluding carboxylic acids is 2. The highest BCUT2D eigenvalue weighted by Gasteiger charge is 2.25. The summed E-state index contributed by atoms with van der Waals surface area (Å²) in [5, 5.41) is 3.55. The van der Waals surface area contributed by atoms with Gasteiger partial charge in [0.1, 0.15) is 17.5 Å². The minimum atomic E-state index is -0.642. The summed E-state index contributed by atoms with van der Waals surface area (Å²) < 4.78 is 10.8. The molecule has 0 aliphatic heterocycles. The van der Waals surface area contributed by atoms with Gasteiger partial charge in [0.05, 0.1) is 13.7 Å². The molecule has 162 valence electrons. The Morgan fingerprint density at radius 2 is 1.77 bits per heavy atom. The van der Waals surface area contributed by atoms with E-state index in [4.69, 9.17) is 32.7 Å². The lowest BCUT2D eigenvalue weighted by Crippen LogP contribution is -2.46. The predicted molar refractivity (Wildman–Crippen MR) is 118 cm³/mol. The second-order valence-electron chi connectivity index (χ2n) is 6.68. The number of amides is 2. The summed E-state index contributed by atoms with van der Waals surface area (Å²) in [6.45, 7) is 2.28. The van der Waals surface area contributed by atoms with E-state index in [0.717, 1.165) is 11.3 Å². The summed E-state index contributed by atoms with van der Waals surface area (Å²) >= 11 is 12.2. The number of rotatable bonds is 10. The van der Waals surface area contributed by atoms with E-state index in [9.17, 15) is 9.59 Å². The molecule has 8 heteroatoms. The second kappa shape index (κ2) is 11.7. The fraction of sp³-hybridized carbons (Fsp3) is 0.364. The lowest BCUT2D eigenvalue weighted by molar-refractivity contribution is -0.140. The van der Waals surface area contributed by atoms with Crippen LogP contribution in [0.1, 0.15) is 25.3 Å². The van der Waals surface area contributed by atoms with Crippen LogP contribution in [-0.2, 0) is 16.1 Å². The Kier molecular flexibility index (Phi) is 9.27. The Labute approximate surface area is 187 Å². The van der Waals surface area contributed by atoms with E-state index in [0.29, 0.717) is 28.8 Å². The molecule has 6 nitrogen and oxygen atoms in total. The third-order valence-corrected chi connectivity index (χ3v) is 5.22. The van der Waals surface area contributed by atoms with Crippen LogP contribution in [0.25, 0.3) is 0 Å². The number of likely N-dealkylation sites (N-methyl/N-ethyl adjacent to an activating group) is 1. The van der Waals surface area contributed by atoms with Crippen LogP contribution in [0.15, 0.2) is 42.5 Å². The molecule has 0 saturated heterocycles. The van der Waals surface area contributed by atoms with E-state index in [-0.39, 0.29) is 24.8 Å². The van der Waals surface area contributed by atoms with E-state index in [1.807, 2.05) is 24.3 Å². The minimum Gasteiger partial charge on any atom is -0.497 e. The molecule has 2 rings (SSSR count). The van der Waals surface area contributed by atoms with E-state index in [1.165, 1.54) is 4.90 Å². The number of ether oxygens (including phenoxy) is 2. The van der Waals surface area contributed by atoms with Crippen molar-refractivity contribution in [1.29, 1.82) is 0 Å². The molecule has 0 radical (unpaired) electrons. The largest absolute Gasteiger partial charge is 0.497 e. The zero-order valence-electron chi connectivity index (χ0n) is 17.3. The number of halogens is 2. The van der Waals surface area contributed by atoms with Gasteiger partial charge >= 0.3 is 0 Å². The first kappa shape index (κ1) is 23.8. The van der Waals surface area contributed by atoms with Gasteiger partial charge < -0.3 is 19.7 Å². The molecule has 0 aromatic heterocycles. The van der Waals surface area contributed by atoms with Crippen LogP contribution in [0.2, 0.25) is 10.0 Å². The van der Waals surface area contributed by atoms with Crippen LogP contribution in [0.3, 0.4) is 0 Å². The molecular formula is C22H26Cl2N2O4. The molecule has 0 heterocycles. The Balaban J connectivity index is 1.98. The normalized spacial score (nSPS) is 11.5. The third kappa shape index (κ3) is 6.82. The quantitative estimate of drug-likeness (QED) is 0.544. The first-order valence-electron chi connectivity index (χ1n) is 9.57. The predicted octanol–water partition coefficient (Wildman–Crippen LogP) is 4.32. The molecule has 1 atom stereocenters. The van der Waals surface area contributed by atoms with Gasteiger partial charge in [0.15, 0.2) is 0 Å². The summed E-state index contributed by atoms with van der Waals surface area (Å²) in [6.07, 6.45) is 0.749. The zero-order chi connectivity index (χ0) is 22.1. The van der Waals surface area contributed by atoms with Gasteiger partial charge in [-0.3, -0.25) is 9.59 Å². The van der Waals surface area contributed by atoms with Crippen molar-refractivity contribution in [2.24, 2.45) is 0 Å². The SMILES string of the molecule is CNC(=O)[C@H](C)N(Cc1ccc(Cl)cc1Cl)C(=O)CCCOc1ccc(OC)cc1. The van der Waals surface area contributed by atoms with Crippen LogP contribution in [0.5, 0.6) is 11.5 Å². The van der Waals surface area contributed by atoms with Gasteiger partial charge in [-0.15, -0.1) is 0 Å². The van der Waals surface area contributed by atoms with Gasteiger partial charge in [0, 0.05) is 30.1 Å². The number of nitrogens with one attached hydrogen (secondary N) is 1. The van der Waals surface area contributed by atoms with Crippen molar-refractivity contribution in [3.8, 4) is 11.5 Å². The Hall–Kier alpha value is -2.44. The molecule has 0 saturated carbocycles. The molecule has 1 N–H and O–H groups in total. The second-order valence-corrected chi connectivity index (χ2v) is 7.52. The summed E-state index contributed by atoms with van der Waals surface area (Å²) in [7, 11) is 3.14. The molecular weight excluding hydrogens is 427 g/mol. The molecule has 0 spiro atoms. The van der Waals surface area contributed by atoms with Crippen molar-refractivity contribution >= 4 is 35.0 Å². The molecule has 0 aliphatic rings. The summed E-state index contributed by atoms with van der Waals surface area (Å²) in [4.78, 5) is 26.6. The van der Waals surface area contributed by atoms with E-state index >= 15 is 0 Å². The standard InChI is InChI=1S/C22H26Cl2N2O4/c1-15(22(28)25-2)26(14-16-6-7-17(23)13-20(16)24)21(27)5-4-12-30-19-10-8-18(29-3)9-11-19/h6-11,13,15H,4-5,12,14H2,1-3H3,(H,25,28)/t15-/m0/s1. The Morgan fingerprint density at radius 3 is 2.37 bits per heavy atom. The molecule has 2 aromatic carbocycles. The summed E-state index contributed by atoms with van der Waals surface area (Å²) in [5.41, 5.74) is 0.722. The maximum absolute atomic E-state index is 12.9. The van der Waals surface area contributed by atoms with Crippen molar-refractivity contribution in [2.75, 3.05) is 20.8 Å². The van der Waals surface area contributed by atoms with E-state index in [1.54, 1.807) is 39.3 Å². The summed E-state index contributed by atoms with van der Waals surface area (Å²) in [5.74, 6) is 1.04. The molecule has 0 aliphatic carbocycles. The first-order chi connectivity index (χ1) is 14.3. The molecule has 0 bridgehead atoms. The molecule has 0 unspecified atom stereocenters. The average Bonchev–Trinajstić information content (AvgIpc) is 2.75. The van der Waals surface area contributed by atoms with Crippen molar-refractivity contribution in [3.63, 3.8) is 0 Å². The van der Waals surface area contributed by atoms with Gasteiger partial charge in [-0.2, -0.15) is 0 Å². The maximum atomic E-state index is 12.9. The van der Waals surface area contributed by atoms with Gasteiger partial charge in [-0.1, -0.05) is 29.3 Å². The van der Waals surface area contributed by atoms with Gasteiger partial charge in [0.2, 0.25) is 11.8 Å². The van der Waals surface area contributed by atoms with Gasteiger partial charge in [-0.25, -0.2) is 0 Å². The molecule has 2 amide bonds. The van der Waals surface area contributed by atoms with E-state index in [2.05, 4.69) is 5.32 Å². The minimum absolute atomic E-state index is 0.157. The van der Waals surface area contributed by atoms with Crippen molar-refractivity contribution in [1.82, 2.24) is 10.2 Å². The number of hydrogen-bond acceptors (Lipinski definition) is 4. The lowest BCUT2D eigenvalue weighted by Gasteiger charge is -2.28. The fourth-order valence-electron chi connectivity index (χ4n) is 2.85. The summed E-state index contributed by atoms with van der Waals surface area (Å²) in [6, 6.07) is 11.7.